The average molecular weight is 291 g/mol. The van der Waals surface area contributed by atoms with Gasteiger partial charge in [-0.25, -0.2) is 4.39 Å². The van der Waals surface area contributed by atoms with Crippen LogP contribution >= 0.6 is 0 Å². The highest BCUT2D eigenvalue weighted by molar-refractivity contribution is 5.79. The lowest BCUT2D eigenvalue weighted by Crippen LogP contribution is -2.36. The van der Waals surface area contributed by atoms with E-state index in [2.05, 4.69) is 25.8 Å². The Morgan fingerprint density at radius 3 is 2.67 bits per heavy atom. The molecule has 0 aliphatic rings. The van der Waals surface area contributed by atoms with E-state index in [1.165, 1.54) is 6.07 Å². The minimum absolute atomic E-state index is 0.201. The van der Waals surface area contributed by atoms with E-state index < -0.39 is 0 Å². The van der Waals surface area contributed by atoms with Gasteiger partial charge < -0.3 is 15.2 Å². The summed E-state index contributed by atoms with van der Waals surface area (Å²) in [5.41, 5.74) is 1.60. The van der Waals surface area contributed by atoms with Gasteiger partial charge in [0, 0.05) is 13.6 Å². The second-order valence-electron chi connectivity index (χ2n) is 4.60. The highest BCUT2D eigenvalue weighted by Crippen LogP contribution is 2.08. The first kappa shape index (κ1) is 15.0. The van der Waals surface area contributed by atoms with E-state index in [1.54, 1.807) is 33.0 Å². The van der Waals surface area contributed by atoms with Gasteiger partial charge in [0.25, 0.3) is 0 Å². The third-order valence-electron chi connectivity index (χ3n) is 2.88. The van der Waals surface area contributed by atoms with Crippen molar-refractivity contribution in [2.75, 3.05) is 7.05 Å². The van der Waals surface area contributed by atoms with Crippen molar-refractivity contribution in [3.8, 4) is 0 Å². The molecule has 6 nitrogen and oxygen atoms in total. The van der Waals surface area contributed by atoms with Crippen molar-refractivity contribution in [2.24, 2.45) is 4.99 Å². The number of nitrogens with zero attached hydrogens (tertiary/aromatic N) is 3. The summed E-state index contributed by atoms with van der Waals surface area (Å²) in [7, 11) is 1.67. The Balaban J connectivity index is 1.86. The number of guanidine groups is 1. The van der Waals surface area contributed by atoms with E-state index in [9.17, 15) is 4.39 Å². The summed E-state index contributed by atoms with van der Waals surface area (Å²) in [6.45, 7) is 4.44. The van der Waals surface area contributed by atoms with E-state index in [0.717, 1.165) is 5.56 Å². The van der Waals surface area contributed by atoms with Gasteiger partial charge in [-0.05, 0) is 31.0 Å². The molecule has 0 saturated carbocycles. The first-order valence-corrected chi connectivity index (χ1v) is 6.57. The molecule has 112 valence electrons. The third kappa shape index (κ3) is 4.27. The van der Waals surface area contributed by atoms with Crippen LogP contribution in [0.25, 0.3) is 0 Å². The number of hydrogen-bond acceptors (Lipinski definition) is 4. The minimum atomic E-state index is -0.201. The number of aliphatic imine (C=N–C) groups is 1. The van der Waals surface area contributed by atoms with Crippen molar-refractivity contribution >= 4 is 5.96 Å². The Bertz CT molecular complexity index is 638. The van der Waals surface area contributed by atoms with Crippen molar-refractivity contribution in [1.82, 2.24) is 20.8 Å². The quantitative estimate of drug-likeness (QED) is 0.662. The van der Waals surface area contributed by atoms with Gasteiger partial charge in [0.1, 0.15) is 5.82 Å². The van der Waals surface area contributed by atoms with Crippen molar-refractivity contribution in [1.29, 1.82) is 0 Å². The molecule has 2 aromatic rings. The van der Waals surface area contributed by atoms with Crippen LogP contribution in [0.15, 0.2) is 27.7 Å². The van der Waals surface area contributed by atoms with E-state index in [4.69, 9.17) is 4.52 Å². The molecular formula is C14H18FN5O. The Hall–Kier alpha value is -2.44. The number of aromatic nitrogens is 2. The molecule has 0 fully saturated rings. The van der Waals surface area contributed by atoms with E-state index in [-0.39, 0.29) is 5.82 Å². The summed E-state index contributed by atoms with van der Waals surface area (Å²) in [6.07, 6.45) is 0. The first-order chi connectivity index (χ1) is 10.1. The molecule has 1 heterocycles. The summed E-state index contributed by atoms with van der Waals surface area (Å²) >= 11 is 0. The van der Waals surface area contributed by atoms with Crippen LogP contribution in [0.4, 0.5) is 4.39 Å². The molecule has 21 heavy (non-hydrogen) atoms. The second kappa shape index (κ2) is 6.83. The smallest absolute Gasteiger partial charge is 0.246 e. The molecule has 0 aliphatic carbocycles. The van der Waals surface area contributed by atoms with Gasteiger partial charge in [0.15, 0.2) is 11.8 Å². The zero-order valence-electron chi connectivity index (χ0n) is 12.3. The number of nitrogens with one attached hydrogen (secondary N) is 2. The maximum Gasteiger partial charge on any atom is 0.246 e. The van der Waals surface area contributed by atoms with E-state index in [0.29, 0.717) is 36.3 Å². The van der Waals surface area contributed by atoms with Crippen molar-refractivity contribution in [3.05, 3.63) is 46.9 Å². The van der Waals surface area contributed by atoms with Gasteiger partial charge in [-0.3, -0.25) is 4.99 Å². The van der Waals surface area contributed by atoms with Gasteiger partial charge in [-0.15, -0.1) is 0 Å². The third-order valence-corrected chi connectivity index (χ3v) is 2.88. The zero-order valence-corrected chi connectivity index (χ0v) is 12.3. The summed E-state index contributed by atoms with van der Waals surface area (Å²) < 4.78 is 18.2. The largest absolute Gasteiger partial charge is 0.352 e. The molecule has 0 aliphatic heterocycles. The minimum Gasteiger partial charge on any atom is -0.352 e. The molecule has 2 rings (SSSR count). The first-order valence-electron chi connectivity index (χ1n) is 6.57. The Labute approximate surface area is 122 Å². The highest BCUT2D eigenvalue weighted by Gasteiger charge is 2.05. The van der Waals surface area contributed by atoms with Crippen LogP contribution in [-0.2, 0) is 13.1 Å². The van der Waals surface area contributed by atoms with Crippen molar-refractivity contribution < 1.29 is 8.91 Å². The summed E-state index contributed by atoms with van der Waals surface area (Å²) in [4.78, 5) is 8.19. The molecule has 2 N–H and O–H groups in total. The molecule has 0 atom stereocenters. The number of halogens is 1. The summed E-state index contributed by atoms with van der Waals surface area (Å²) in [5.74, 6) is 1.49. The van der Waals surface area contributed by atoms with Gasteiger partial charge in [-0.1, -0.05) is 17.3 Å². The Morgan fingerprint density at radius 1 is 1.29 bits per heavy atom. The SMILES string of the molecule is CN=C(NCc1ccc(F)c(C)c1)NCc1nc(C)no1. The van der Waals surface area contributed by atoms with Gasteiger partial charge >= 0.3 is 0 Å². The van der Waals surface area contributed by atoms with E-state index in [1.807, 2.05) is 0 Å². The predicted octanol–water partition coefficient (Wildman–Crippen LogP) is 1.69. The van der Waals surface area contributed by atoms with Crippen LogP contribution in [0.1, 0.15) is 22.8 Å². The molecule has 1 aromatic carbocycles. The average Bonchev–Trinajstić information content (AvgIpc) is 2.88. The molecule has 7 heteroatoms. The Kier molecular flexibility index (Phi) is 4.86. The van der Waals surface area contributed by atoms with Crippen LogP contribution in [0.2, 0.25) is 0 Å². The van der Waals surface area contributed by atoms with Crippen LogP contribution in [-0.4, -0.2) is 23.1 Å². The maximum absolute atomic E-state index is 13.2. The zero-order chi connectivity index (χ0) is 15.2. The fraction of sp³-hybridized carbons (Fsp3) is 0.357. The monoisotopic (exact) mass is 291 g/mol. The van der Waals surface area contributed by atoms with E-state index >= 15 is 0 Å². The normalized spacial score (nSPS) is 11.5. The summed E-state index contributed by atoms with van der Waals surface area (Å²) in [6, 6.07) is 5.00. The van der Waals surface area contributed by atoms with Gasteiger partial charge in [0.05, 0.1) is 6.54 Å². The summed E-state index contributed by atoms with van der Waals surface area (Å²) in [5, 5.41) is 9.91. The molecule has 0 saturated heterocycles. The van der Waals surface area contributed by atoms with Crippen LogP contribution < -0.4 is 10.6 Å². The molecule has 0 radical (unpaired) electrons. The number of hydrogen-bond donors (Lipinski definition) is 2. The highest BCUT2D eigenvalue weighted by atomic mass is 19.1. The molecule has 0 amide bonds. The van der Waals surface area contributed by atoms with Gasteiger partial charge in [-0.2, -0.15) is 4.98 Å². The number of benzene rings is 1. The van der Waals surface area contributed by atoms with Gasteiger partial charge in [0.2, 0.25) is 5.89 Å². The molecule has 0 unspecified atom stereocenters. The Morgan fingerprint density at radius 2 is 2.05 bits per heavy atom. The standard InChI is InChI=1S/C14H18FN5O/c1-9-6-11(4-5-12(9)15)7-17-14(16-3)18-8-13-19-10(2)20-21-13/h4-6H,7-8H2,1-3H3,(H2,16,17,18). The van der Waals surface area contributed by atoms with Crippen LogP contribution in [0.5, 0.6) is 0 Å². The number of aryl methyl sites for hydroxylation is 2. The fourth-order valence-corrected chi connectivity index (χ4v) is 1.79. The lowest BCUT2D eigenvalue weighted by molar-refractivity contribution is 0.371. The molecule has 0 bridgehead atoms. The molecule has 0 spiro atoms. The maximum atomic E-state index is 13.2. The topological polar surface area (TPSA) is 75.3 Å². The molecule has 1 aromatic heterocycles. The molecular weight excluding hydrogens is 273 g/mol. The fourth-order valence-electron chi connectivity index (χ4n) is 1.79. The lowest BCUT2D eigenvalue weighted by atomic mass is 10.1. The predicted molar refractivity (Wildman–Crippen MR) is 77.2 cm³/mol. The second-order valence-corrected chi connectivity index (χ2v) is 4.60. The van der Waals surface area contributed by atoms with Crippen molar-refractivity contribution in [3.63, 3.8) is 0 Å². The van der Waals surface area contributed by atoms with Crippen LogP contribution in [0, 0.1) is 19.7 Å². The van der Waals surface area contributed by atoms with Crippen LogP contribution in [0.3, 0.4) is 0 Å². The van der Waals surface area contributed by atoms with Crippen molar-refractivity contribution in [2.45, 2.75) is 26.9 Å². The number of rotatable bonds is 4. The lowest BCUT2D eigenvalue weighted by Gasteiger charge is -2.11.